The van der Waals surface area contributed by atoms with Crippen molar-refractivity contribution in [3.63, 3.8) is 0 Å². The second-order valence-electron chi connectivity index (χ2n) is 4.80. The fourth-order valence-corrected chi connectivity index (χ4v) is 3.78. The van der Waals surface area contributed by atoms with Crippen LogP contribution in [0.25, 0.3) is 0 Å². The number of nitrogens with zero attached hydrogens (tertiary/aromatic N) is 1. The highest BCUT2D eigenvalue weighted by molar-refractivity contribution is 8.13. The van der Waals surface area contributed by atoms with E-state index >= 15 is 0 Å². The Morgan fingerprint density at radius 2 is 2.10 bits per heavy atom. The molecular weight excluding hydrogens is 328 g/mol. The summed E-state index contributed by atoms with van der Waals surface area (Å²) in [5.41, 5.74) is 0.694. The molecular formula is C12H12Cl2FNO3S. The largest absolute Gasteiger partial charge is 0.338 e. The predicted molar refractivity (Wildman–Crippen MR) is 74.6 cm³/mol. The fraction of sp³-hybridized carbons (Fsp3) is 0.417. The number of halogens is 3. The van der Waals surface area contributed by atoms with Crippen molar-refractivity contribution in [2.75, 3.05) is 12.3 Å². The summed E-state index contributed by atoms with van der Waals surface area (Å²) in [4.78, 5) is 13.3. The van der Waals surface area contributed by atoms with Crippen molar-refractivity contribution in [1.29, 1.82) is 0 Å². The minimum absolute atomic E-state index is 0.00553. The van der Waals surface area contributed by atoms with E-state index in [2.05, 4.69) is 0 Å². The SMILES string of the molecule is O=C1CC(CS(=O)(=O)Cl)CN1Cc1ccc(F)c(Cl)c1. The Balaban J connectivity index is 2.03. The third kappa shape index (κ3) is 4.07. The molecule has 0 radical (unpaired) electrons. The Hall–Kier alpha value is -0.850. The number of carbonyl (C=O) groups is 1. The molecule has 1 saturated heterocycles. The first kappa shape index (κ1) is 15.5. The molecule has 1 aromatic rings. The van der Waals surface area contributed by atoms with E-state index in [-0.39, 0.29) is 35.6 Å². The van der Waals surface area contributed by atoms with Crippen molar-refractivity contribution in [3.8, 4) is 0 Å². The van der Waals surface area contributed by atoms with E-state index in [9.17, 15) is 17.6 Å². The van der Waals surface area contributed by atoms with Crippen LogP contribution in [0.5, 0.6) is 0 Å². The lowest BCUT2D eigenvalue weighted by Gasteiger charge is -2.16. The molecule has 0 spiro atoms. The van der Waals surface area contributed by atoms with Gasteiger partial charge in [0.15, 0.2) is 0 Å². The second kappa shape index (κ2) is 5.87. The molecule has 1 aliphatic rings. The number of likely N-dealkylation sites (tertiary alicyclic amines) is 1. The van der Waals surface area contributed by atoms with Crippen LogP contribution in [-0.4, -0.2) is 31.5 Å². The molecule has 8 heteroatoms. The molecule has 4 nitrogen and oxygen atoms in total. The first-order valence-corrected chi connectivity index (χ1v) is 8.74. The Morgan fingerprint density at radius 3 is 2.70 bits per heavy atom. The molecule has 1 aliphatic heterocycles. The lowest BCUT2D eigenvalue weighted by Crippen LogP contribution is -2.25. The maximum atomic E-state index is 13.0. The molecule has 1 fully saturated rings. The van der Waals surface area contributed by atoms with Crippen molar-refractivity contribution >= 4 is 37.2 Å². The normalized spacial score (nSPS) is 19.6. The van der Waals surface area contributed by atoms with Gasteiger partial charge in [-0.05, 0) is 17.7 Å². The first-order valence-electron chi connectivity index (χ1n) is 5.88. The van der Waals surface area contributed by atoms with E-state index in [1.165, 1.54) is 17.0 Å². The van der Waals surface area contributed by atoms with E-state index in [1.807, 2.05) is 0 Å². The number of rotatable bonds is 4. The highest BCUT2D eigenvalue weighted by Crippen LogP contribution is 2.24. The summed E-state index contributed by atoms with van der Waals surface area (Å²) in [6.45, 7) is 0.595. The van der Waals surface area contributed by atoms with Crippen LogP contribution in [-0.2, 0) is 20.4 Å². The van der Waals surface area contributed by atoms with Gasteiger partial charge in [0.25, 0.3) is 0 Å². The van der Waals surface area contributed by atoms with Crippen LogP contribution in [0.4, 0.5) is 4.39 Å². The standard InChI is InChI=1S/C12H12Cl2FNO3S/c13-10-3-8(1-2-11(10)15)5-16-6-9(4-12(16)17)7-20(14,18)19/h1-3,9H,4-7H2. The number of carbonyl (C=O) groups excluding carboxylic acids is 1. The number of hydrogen-bond acceptors (Lipinski definition) is 3. The van der Waals surface area contributed by atoms with E-state index < -0.39 is 14.9 Å². The third-order valence-electron chi connectivity index (χ3n) is 3.09. The van der Waals surface area contributed by atoms with Gasteiger partial charge in [-0.15, -0.1) is 0 Å². The van der Waals surface area contributed by atoms with Crippen molar-refractivity contribution < 1.29 is 17.6 Å². The lowest BCUT2D eigenvalue weighted by atomic mass is 10.1. The maximum absolute atomic E-state index is 13.0. The van der Waals surface area contributed by atoms with Gasteiger partial charge in [-0.25, -0.2) is 12.8 Å². The molecule has 0 aromatic heterocycles. The smallest absolute Gasteiger partial charge is 0.232 e. The predicted octanol–water partition coefficient (Wildman–Crippen LogP) is 2.40. The molecule has 0 aliphatic carbocycles. The van der Waals surface area contributed by atoms with Gasteiger partial charge in [0.05, 0.1) is 10.8 Å². The zero-order valence-corrected chi connectivity index (χ0v) is 12.7. The molecule has 0 saturated carbocycles. The number of hydrogen-bond donors (Lipinski definition) is 0. The highest BCUT2D eigenvalue weighted by Gasteiger charge is 2.32. The average Bonchev–Trinajstić information content (AvgIpc) is 2.62. The molecule has 2 rings (SSSR count). The Bertz CT molecular complexity index is 636. The molecule has 1 atom stereocenters. The van der Waals surface area contributed by atoms with Gasteiger partial charge in [0, 0.05) is 36.1 Å². The van der Waals surface area contributed by atoms with Crippen LogP contribution >= 0.6 is 22.3 Å². The molecule has 1 aromatic carbocycles. The van der Waals surface area contributed by atoms with Crippen LogP contribution in [0.2, 0.25) is 5.02 Å². The van der Waals surface area contributed by atoms with Gasteiger partial charge in [0.1, 0.15) is 5.82 Å². The fourth-order valence-electron chi connectivity index (χ4n) is 2.26. The Labute approximate surface area is 125 Å². The molecule has 20 heavy (non-hydrogen) atoms. The second-order valence-corrected chi connectivity index (χ2v) is 8.03. The summed E-state index contributed by atoms with van der Waals surface area (Å²) in [5.74, 6) is -1.19. The summed E-state index contributed by atoms with van der Waals surface area (Å²) in [7, 11) is 1.57. The third-order valence-corrected chi connectivity index (χ3v) is 4.62. The molecule has 110 valence electrons. The van der Waals surface area contributed by atoms with Gasteiger partial charge in [-0.1, -0.05) is 17.7 Å². The Morgan fingerprint density at radius 1 is 1.40 bits per heavy atom. The molecule has 1 heterocycles. The van der Waals surface area contributed by atoms with Crippen LogP contribution in [0, 0.1) is 11.7 Å². The number of benzene rings is 1. The van der Waals surface area contributed by atoms with Crippen molar-refractivity contribution in [1.82, 2.24) is 4.90 Å². The van der Waals surface area contributed by atoms with Crippen LogP contribution in [0.15, 0.2) is 18.2 Å². The van der Waals surface area contributed by atoms with Gasteiger partial charge >= 0.3 is 0 Å². The van der Waals surface area contributed by atoms with Crippen molar-refractivity contribution in [3.05, 3.63) is 34.6 Å². The topological polar surface area (TPSA) is 54.5 Å². The highest BCUT2D eigenvalue weighted by atomic mass is 35.7. The molecule has 0 N–H and O–H groups in total. The average molecular weight is 340 g/mol. The van der Waals surface area contributed by atoms with Crippen LogP contribution < -0.4 is 0 Å². The summed E-state index contributed by atoms with van der Waals surface area (Å²) in [5, 5.41) is -0.00553. The first-order chi connectivity index (χ1) is 9.24. The van der Waals surface area contributed by atoms with Crippen molar-refractivity contribution in [2.24, 2.45) is 5.92 Å². The van der Waals surface area contributed by atoms with E-state index in [1.54, 1.807) is 6.07 Å². The van der Waals surface area contributed by atoms with Gasteiger partial charge in [-0.3, -0.25) is 4.79 Å². The minimum atomic E-state index is -3.62. The van der Waals surface area contributed by atoms with Gasteiger partial charge in [-0.2, -0.15) is 0 Å². The van der Waals surface area contributed by atoms with Crippen LogP contribution in [0.1, 0.15) is 12.0 Å². The van der Waals surface area contributed by atoms with Gasteiger partial charge in [0.2, 0.25) is 15.0 Å². The van der Waals surface area contributed by atoms with Crippen LogP contribution in [0.3, 0.4) is 0 Å². The maximum Gasteiger partial charge on any atom is 0.232 e. The van der Waals surface area contributed by atoms with E-state index in [0.29, 0.717) is 12.1 Å². The van der Waals surface area contributed by atoms with E-state index in [0.717, 1.165) is 0 Å². The zero-order valence-electron chi connectivity index (χ0n) is 10.4. The number of amides is 1. The van der Waals surface area contributed by atoms with E-state index in [4.69, 9.17) is 22.3 Å². The summed E-state index contributed by atoms with van der Waals surface area (Å²) >= 11 is 5.68. The monoisotopic (exact) mass is 339 g/mol. The minimum Gasteiger partial charge on any atom is -0.338 e. The van der Waals surface area contributed by atoms with Gasteiger partial charge < -0.3 is 4.90 Å². The summed E-state index contributed by atoms with van der Waals surface area (Å²) < 4.78 is 35.1. The molecule has 1 unspecified atom stereocenters. The quantitative estimate of drug-likeness (QED) is 0.791. The summed E-state index contributed by atoms with van der Waals surface area (Å²) in [6.07, 6.45) is 0.154. The molecule has 1 amide bonds. The van der Waals surface area contributed by atoms with Crippen molar-refractivity contribution in [2.45, 2.75) is 13.0 Å². The lowest BCUT2D eigenvalue weighted by molar-refractivity contribution is -0.128. The Kier molecular flexibility index (Phi) is 4.56. The molecule has 0 bridgehead atoms. The summed E-state index contributed by atoms with van der Waals surface area (Å²) in [6, 6.07) is 4.23. The zero-order chi connectivity index (χ0) is 14.9.